The van der Waals surface area contributed by atoms with Crippen LogP contribution in [0.2, 0.25) is 5.02 Å². The molecule has 0 saturated carbocycles. The molecule has 0 aliphatic heterocycles. The average molecular weight is 304 g/mol. The highest BCUT2D eigenvalue weighted by atomic mass is 35.5. The Kier molecular flexibility index (Phi) is 5.04. The van der Waals surface area contributed by atoms with Crippen molar-refractivity contribution in [3.8, 4) is 0 Å². The summed E-state index contributed by atoms with van der Waals surface area (Å²) in [7, 11) is 0. The largest absolute Gasteiger partial charge is 0.395 e. The molecule has 0 radical (unpaired) electrons. The molecule has 0 aromatic heterocycles. The van der Waals surface area contributed by atoms with Crippen molar-refractivity contribution in [2.45, 2.75) is 25.7 Å². The molecular weight excluding hydrogens is 282 g/mol. The van der Waals surface area contributed by atoms with Crippen molar-refractivity contribution in [3.05, 3.63) is 69.7 Å². The molecule has 112 valence electrons. The Morgan fingerprint density at radius 1 is 1.14 bits per heavy atom. The highest BCUT2D eigenvalue weighted by molar-refractivity contribution is 6.31. The molecule has 1 atom stereocenters. The number of hydrogen-bond donors (Lipinski definition) is 2. The Morgan fingerprint density at radius 3 is 2.43 bits per heavy atom. The van der Waals surface area contributed by atoms with Gasteiger partial charge in [-0.15, -0.1) is 0 Å². The van der Waals surface area contributed by atoms with Crippen LogP contribution in [0.25, 0.3) is 0 Å². The SMILES string of the molecule is Cc1ccc(CC(CN)(CO)c2ccccc2C)c(Cl)c1. The third-order valence-electron chi connectivity index (χ3n) is 4.15. The fourth-order valence-electron chi connectivity index (χ4n) is 2.81. The summed E-state index contributed by atoms with van der Waals surface area (Å²) in [5, 5.41) is 10.8. The van der Waals surface area contributed by atoms with Crippen LogP contribution in [0.5, 0.6) is 0 Å². The molecule has 0 spiro atoms. The third-order valence-corrected chi connectivity index (χ3v) is 4.50. The molecule has 3 N–H and O–H groups in total. The zero-order valence-corrected chi connectivity index (χ0v) is 13.3. The first-order valence-electron chi connectivity index (χ1n) is 7.14. The molecule has 0 aliphatic carbocycles. The van der Waals surface area contributed by atoms with E-state index < -0.39 is 5.41 Å². The van der Waals surface area contributed by atoms with E-state index in [0.717, 1.165) is 27.3 Å². The van der Waals surface area contributed by atoms with Gasteiger partial charge in [-0.2, -0.15) is 0 Å². The Hall–Kier alpha value is -1.35. The molecule has 2 aromatic carbocycles. The van der Waals surface area contributed by atoms with Crippen LogP contribution >= 0.6 is 11.6 Å². The summed E-state index contributed by atoms with van der Waals surface area (Å²) in [5.74, 6) is 0. The molecule has 2 rings (SSSR count). The van der Waals surface area contributed by atoms with E-state index in [2.05, 4.69) is 0 Å². The number of aryl methyl sites for hydroxylation is 2. The van der Waals surface area contributed by atoms with Gasteiger partial charge in [0.25, 0.3) is 0 Å². The fourth-order valence-corrected chi connectivity index (χ4v) is 3.11. The number of aliphatic hydroxyl groups is 1. The van der Waals surface area contributed by atoms with Crippen molar-refractivity contribution in [2.75, 3.05) is 13.2 Å². The summed E-state index contributed by atoms with van der Waals surface area (Å²) < 4.78 is 0. The Bertz CT molecular complexity index is 620. The van der Waals surface area contributed by atoms with Gasteiger partial charge < -0.3 is 10.8 Å². The number of rotatable bonds is 5. The lowest BCUT2D eigenvalue weighted by Crippen LogP contribution is -2.41. The predicted octanol–water partition coefficient (Wildman–Crippen LogP) is 3.39. The first kappa shape index (κ1) is 16.0. The van der Waals surface area contributed by atoms with E-state index in [1.807, 2.05) is 56.3 Å². The van der Waals surface area contributed by atoms with Crippen LogP contribution < -0.4 is 5.73 Å². The van der Waals surface area contributed by atoms with Crippen molar-refractivity contribution < 1.29 is 5.11 Å². The van der Waals surface area contributed by atoms with Gasteiger partial charge in [0, 0.05) is 17.0 Å². The van der Waals surface area contributed by atoms with E-state index in [9.17, 15) is 5.11 Å². The molecule has 0 saturated heterocycles. The summed E-state index contributed by atoms with van der Waals surface area (Å²) >= 11 is 6.35. The van der Waals surface area contributed by atoms with Crippen LogP contribution in [0, 0.1) is 13.8 Å². The van der Waals surface area contributed by atoms with E-state index in [4.69, 9.17) is 17.3 Å². The van der Waals surface area contributed by atoms with Gasteiger partial charge in [-0.3, -0.25) is 0 Å². The van der Waals surface area contributed by atoms with Gasteiger partial charge in [0.15, 0.2) is 0 Å². The van der Waals surface area contributed by atoms with Crippen molar-refractivity contribution in [3.63, 3.8) is 0 Å². The normalized spacial score (nSPS) is 14.0. The standard InChI is InChI=1S/C18H22ClNO/c1-13-7-8-15(17(19)9-13)10-18(11-20,12-21)16-6-4-3-5-14(16)2/h3-9,21H,10-12,20H2,1-2H3. The Morgan fingerprint density at radius 2 is 1.86 bits per heavy atom. The molecule has 0 amide bonds. The van der Waals surface area contributed by atoms with Gasteiger partial charge in [-0.1, -0.05) is 48.0 Å². The lowest BCUT2D eigenvalue weighted by molar-refractivity contribution is 0.195. The highest BCUT2D eigenvalue weighted by Crippen LogP contribution is 2.32. The van der Waals surface area contributed by atoms with Gasteiger partial charge in [-0.25, -0.2) is 0 Å². The van der Waals surface area contributed by atoms with Gasteiger partial charge in [0.05, 0.1) is 6.61 Å². The fraction of sp³-hybridized carbons (Fsp3) is 0.333. The maximum absolute atomic E-state index is 10.0. The van der Waals surface area contributed by atoms with Crippen LogP contribution in [0.4, 0.5) is 0 Å². The maximum atomic E-state index is 10.0. The first-order valence-corrected chi connectivity index (χ1v) is 7.52. The Labute approximate surface area is 131 Å². The van der Waals surface area contributed by atoms with Crippen LogP contribution in [0.3, 0.4) is 0 Å². The van der Waals surface area contributed by atoms with Crippen molar-refractivity contribution >= 4 is 11.6 Å². The third kappa shape index (κ3) is 3.29. The molecule has 0 aliphatic rings. The summed E-state index contributed by atoms with van der Waals surface area (Å²) in [6.07, 6.45) is 0.629. The minimum absolute atomic E-state index is 0.00143. The number of hydrogen-bond acceptors (Lipinski definition) is 2. The monoisotopic (exact) mass is 303 g/mol. The predicted molar refractivity (Wildman–Crippen MR) is 88.9 cm³/mol. The molecule has 0 fully saturated rings. The number of halogens is 1. The molecule has 0 heterocycles. The second kappa shape index (κ2) is 6.61. The summed E-state index contributed by atoms with van der Waals surface area (Å²) in [6.45, 7) is 4.43. The lowest BCUT2D eigenvalue weighted by atomic mass is 9.74. The molecule has 2 aromatic rings. The maximum Gasteiger partial charge on any atom is 0.0543 e. The zero-order chi connectivity index (χ0) is 15.5. The second-order valence-electron chi connectivity index (χ2n) is 5.73. The molecular formula is C18H22ClNO. The van der Waals surface area contributed by atoms with Crippen LogP contribution in [-0.2, 0) is 11.8 Å². The van der Waals surface area contributed by atoms with Crippen LogP contribution in [0.15, 0.2) is 42.5 Å². The van der Waals surface area contributed by atoms with Gasteiger partial charge >= 0.3 is 0 Å². The summed E-state index contributed by atoms with van der Waals surface area (Å²) in [6, 6.07) is 14.1. The molecule has 21 heavy (non-hydrogen) atoms. The zero-order valence-electron chi connectivity index (χ0n) is 12.6. The van der Waals surface area contributed by atoms with E-state index in [1.165, 1.54) is 0 Å². The highest BCUT2D eigenvalue weighted by Gasteiger charge is 2.32. The van der Waals surface area contributed by atoms with E-state index in [0.29, 0.717) is 13.0 Å². The minimum Gasteiger partial charge on any atom is -0.395 e. The van der Waals surface area contributed by atoms with Crippen molar-refractivity contribution in [1.29, 1.82) is 0 Å². The average Bonchev–Trinajstić information content (AvgIpc) is 2.48. The molecule has 1 unspecified atom stereocenters. The lowest BCUT2D eigenvalue weighted by Gasteiger charge is -2.33. The number of nitrogens with two attached hydrogens (primary N) is 1. The Balaban J connectivity index is 2.46. The minimum atomic E-state index is -0.496. The summed E-state index contributed by atoms with van der Waals surface area (Å²) in [4.78, 5) is 0. The van der Waals surface area contributed by atoms with Crippen molar-refractivity contribution in [1.82, 2.24) is 0 Å². The van der Waals surface area contributed by atoms with E-state index in [1.54, 1.807) is 0 Å². The van der Waals surface area contributed by atoms with Crippen molar-refractivity contribution in [2.24, 2.45) is 5.73 Å². The number of aliphatic hydroxyl groups excluding tert-OH is 1. The van der Waals surface area contributed by atoms with Crippen LogP contribution in [0.1, 0.15) is 22.3 Å². The number of benzene rings is 2. The van der Waals surface area contributed by atoms with Gasteiger partial charge in [0.2, 0.25) is 0 Å². The molecule has 3 heteroatoms. The van der Waals surface area contributed by atoms with Gasteiger partial charge in [0.1, 0.15) is 0 Å². The summed E-state index contributed by atoms with van der Waals surface area (Å²) in [5.41, 5.74) is 9.92. The molecule has 2 nitrogen and oxygen atoms in total. The first-order chi connectivity index (χ1) is 10.0. The smallest absolute Gasteiger partial charge is 0.0543 e. The molecule has 0 bridgehead atoms. The van der Waals surface area contributed by atoms with Gasteiger partial charge in [-0.05, 0) is 48.6 Å². The second-order valence-corrected chi connectivity index (χ2v) is 6.14. The topological polar surface area (TPSA) is 46.2 Å². The quantitative estimate of drug-likeness (QED) is 0.889. The van der Waals surface area contributed by atoms with E-state index in [-0.39, 0.29) is 6.61 Å². The van der Waals surface area contributed by atoms with Crippen LogP contribution in [-0.4, -0.2) is 18.3 Å². The van der Waals surface area contributed by atoms with E-state index >= 15 is 0 Å².